The Balaban J connectivity index is 1.87. The number of ether oxygens (including phenoxy) is 1. The van der Waals surface area contributed by atoms with Crippen LogP contribution in [0.3, 0.4) is 0 Å². The van der Waals surface area contributed by atoms with Gasteiger partial charge in [-0.25, -0.2) is 4.79 Å². The molecule has 0 saturated heterocycles. The highest BCUT2D eigenvalue weighted by molar-refractivity contribution is 5.98. The van der Waals surface area contributed by atoms with Crippen molar-refractivity contribution in [1.82, 2.24) is 13.7 Å². The van der Waals surface area contributed by atoms with Gasteiger partial charge in [-0.1, -0.05) is 54.1 Å². The Hall–Kier alpha value is -4.72. The maximum Gasteiger partial charge on any atom is 0.331 e. The highest BCUT2D eigenvalue weighted by atomic mass is 16.5. The van der Waals surface area contributed by atoms with Gasteiger partial charge in [-0.3, -0.25) is 13.9 Å². The van der Waals surface area contributed by atoms with Crippen LogP contribution in [0.5, 0.6) is 17.2 Å². The first-order valence-corrected chi connectivity index (χ1v) is 11.5. The number of phenols is 2. The molecule has 8 heteroatoms. The zero-order valence-corrected chi connectivity index (χ0v) is 19.9. The van der Waals surface area contributed by atoms with E-state index in [1.807, 2.05) is 60.0 Å². The Bertz CT molecular complexity index is 1810. The highest BCUT2D eigenvalue weighted by Crippen LogP contribution is 2.48. The van der Waals surface area contributed by atoms with Crippen LogP contribution < -0.4 is 16.0 Å². The average molecular weight is 482 g/mol. The van der Waals surface area contributed by atoms with Gasteiger partial charge in [0.05, 0.1) is 28.0 Å². The molecule has 0 fully saturated rings. The molecule has 180 valence electrons. The molecule has 0 saturated carbocycles. The van der Waals surface area contributed by atoms with E-state index in [4.69, 9.17) is 4.74 Å². The van der Waals surface area contributed by atoms with E-state index in [2.05, 4.69) is 0 Å². The van der Waals surface area contributed by atoms with Crippen LogP contribution in [-0.2, 0) is 14.1 Å². The minimum absolute atomic E-state index is 0.291. The third-order valence-electron chi connectivity index (χ3n) is 6.86. The number of rotatable bonds is 2. The molecule has 36 heavy (non-hydrogen) atoms. The van der Waals surface area contributed by atoms with Gasteiger partial charge in [0.25, 0.3) is 5.56 Å². The molecule has 0 radical (unpaired) electrons. The quantitative estimate of drug-likeness (QED) is 0.373. The lowest BCUT2D eigenvalue weighted by Gasteiger charge is -2.30. The van der Waals surface area contributed by atoms with Crippen LogP contribution in [-0.4, -0.2) is 23.9 Å². The number of aromatic hydroxyl groups is 2. The van der Waals surface area contributed by atoms with Crippen molar-refractivity contribution >= 4 is 10.9 Å². The maximum absolute atomic E-state index is 13.7. The summed E-state index contributed by atoms with van der Waals surface area (Å²) >= 11 is 0. The van der Waals surface area contributed by atoms with Crippen LogP contribution in [0, 0.1) is 6.92 Å². The second kappa shape index (κ2) is 7.64. The first kappa shape index (κ1) is 21.8. The number of phenolic OH excluding ortho intramolecular Hbond substituents is 2. The predicted molar refractivity (Wildman–Crippen MR) is 136 cm³/mol. The zero-order chi connectivity index (χ0) is 25.3. The summed E-state index contributed by atoms with van der Waals surface area (Å²) < 4.78 is 10.9. The predicted octanol–water partition coefficient (Wildman–Crippen LogP) is 3.90. The number of hydrogen-bond acceptors (Lipinski definition) is 5. The zero-order valence-electron chi connectivity index (χ0n) is 19.9. The third kappa shape index (κ3) is 2.87. The third-order valence-corrected chi connectivity index (χ3v) is 6.86. The summed E-state index contributed by atoms with van der Waals surface area (Å²) in [4.78, 5) is 26.7. The van der Waals surface area contributed by atoms with Crippen LogP contribution in [0.25, 0.3) is 27.8 Å². The van der Waals surface area contributed by atoms with E-state index in [-0.39, 0.29) is 11.5 Å². The first-order chi connectivity index (χ1) is 17.3. The molecule has 2 aromatic heterocycles. The van der Waals surface area contributed by atoms with Crippen LogP contribution in [0.4, 0.5) is 0 Å². The number of hydrogen-bond donors (Lipinski definition) is 2. The van der Waals surface area contributed by atoms with E-state index < -0.39 is 17.4 Å². The molecule has 0 aliphatic carbocycles. The standard InChI is InChI=1S/C28H23N3O5/c1-15-11-13-16(14-12-15)22-21-23(29(2)28(35)30(3)27(21)34)24-26(17-7-6-9-19(32)25(17)33)36-20-10-5-4-8-18(20)31(22)24/h4-14,26,32-33H,1-3H3/t26-/m1/s1. The van der Waals surface area contributed by atoms with E-state index in [0.29, 0.717) is 39.3 Å². The summed E-state index contributed by atoms with van der Waals surface area (Å²) in [5, 5.41) is 21.4. The van der Waals surface area contributed by atoms with Crippen molar-refractivity contribution < 1.29 is 14.9 Å². The maximum atomic E-state index is 13.7. The largest absolute Gasteiger partial charge is 0.504 e. The lowest BCUT2D eigenvalue weighted by atomic mass is 10.0. The second-order valence-corrected chi connectivity index (χ2v) is 9.05. The highest BCUT2D eigenvalue weighted by Gasteiger charge is 2.37. The molecule has 6 rings (SSSR count). The molecule has 0 unspecified atom stereocenters. The van der Waals surface area contributed by atoms with Crippen molar-refractivity contribution in [2.45, 2.75) is 13.0 Å². The number of fused-ring (bicyclic) bond motifs is 5. The lowest BCUT2D eigenvalue weighted by molar-refractivity contribution is 0.223. The molecule has 0 spiro atoms. The van der Waals surface area contributed by atoms with Gasteiger partial charge in [-0.15, -0.1) is 0 Å². The van der Waals surface area contributed by atoms with E-state index in [1.165, 1.54) is 17.7 Å². The van der Waals surface area contributed by atoms with Crippen molar-refractivity contribution in [3.05, 3.63) is 104 Å². The Morgan fingerprint density at radius 1 is 0.861 bits per heavy atom. The van der Waals surface area contributed by atoms with E-state index >= 15 is 0 Å². The van der Waals surface area contributed by atoms with Crippen molar-refractivity contribution in [1.29, 1.82) is 0 Å². The van der Waals surface area contributed by atoms with Gasteiger partial charge in [0.15, 0.2) is 17.6 Å². The number of benzene rings is 3. The molecule has 1 aliphatic heterocycles. The van der Waals surface area contributed by atoms with E-state index in [0.717, 1.165) is 15.7 Å². The molecule has 8 nitrogen and oxygen atoms in total. The average Bonchev–Trinajstić information content (AvgIpc) is 3.24. The Kier molecular flexibility index (Phi) is 4.63. The molecule has 3 heterocycles. The fraction of sp³-hybridized carbons (Fsp3) is 0.143. The van der Waals surface area contributed by atoms with Crippen molar-refractivity contribution in [3.8, 4) is 34.2 Å². The molecule has 0 bridgehead atoms. The summed E-state index contributed by atoms with van der Waals surface area (Å²) in [6.07, 6.45) is -0.911. The van der Waals surface area contributed by atoms with E-state index in [1.54, 1.807) is 19.2 Å². The number of para-hydroxylation sites is 3. The molecule has 0 amide bonds. The SMILES string of the molecule is Cc1ccc(-c2c3c(=O)n(C)c(=O)n(C)c3c3n2-c2ccccc2O[C@@H]3c2cccc(O)c2O)cc1. The van der Waals surface area contributed by atoms with Gasteiger partial charge in [-0.2, -0.15) is 0 Å². The molecule has 3 aromatic carbocycles. The van der Waals surface area contributed by atoms with Gasteiger partial charge in [-0.05, 0) is 30.7 Å². The summed E-state index contributed by atoms with van der Waals surface area (Å²) in [6.45, 7) is 1.99. The molecular weight excluding hydrogens is 458 g/mol. The monoisotopic (exact) mass is 481 g/mol. The van der Waals surface area contributed by atoms with Gasteiger partial charge in [0.2, 0.25) is 0 Å². The van der Waals surface area contributed by atoms with Crippen LogP contribution in [0.1, 0.15) is 22.9 Å². The van der Waals surface area contributed by atoms with Gasteiger partial charge >= 0.3 is 5.69 Å². The number of aromatic nitrogens is 3. The van der Waals surface area contributed by atoms with Crippen LogP contribution in [0.15, 0.2) is 76.3 Å². The van der Waals surface area contributed by atoms with Gasteiger partial charge < -0.3 is 19.5 Å². The minimum atomic E-state index is -0.911. The van der Waals surface area contributed by atoms with Crippen molar-refractivity contribution in [2.75, 3.05) is 0 Å². The fourth-order valence-electron chi connectivity index (χ4n) is 5.07. The molecule has 2 N–H and O–H groups in total. The second-order valence-electron chi connectivity index (χ2n) is 9.05. The molecule has 1 aliphatic rings. The molecular formula is C28H23N3O5. The lowest BCUT2D eigenvalue weighted by Crippen LogP contribution is -2.37. The Morgan fingerprint density at radius 2 is 1.58 bits per heavy atom. The van der Waals surface area contributed by atoms with Crippen LogP contribution in [0.2, 0.25) is 0 Å². The Labute approximate surface area is 205 Å². The van der Waals surface area contributed by atoms with Crippen LogP contribution >= 0.6 is 0 Å². The van der Waals surface area contributed by atoms with Crippen molar-refractivity contribution in [3.63, 3.8) is 0 Å². The normalized spacial score (nSPS) is 14.4. The van der Waals surface area contributed by atoms with Gasteiger partial charge in [0.1, 0.15) is 5.75 Å². The van der Waals surface area contributed by atoms with Crippen molar-refractivity contribution in [2.24, 2.45) is 14.1 Å². The summed E-state index contributed by atoms with van der Waals surface area (Å²) in [5.41, 5.74) is 3.51. The summed E-state index contributed by atoms with van der Waals surface area (Å²) in [6, 6.07) is 19.9. The Morgan fingerprint density at radius 3 is 2.33 bits per heavy atom. The molecule has 1 atom stereocenters. The van der Waals surface area contributed by atoms with E-state index in [9.17, 15) is 19.8 Å². The fourth-order valence-corrected chi connectivity index (χ4v) is 5.07. The number of nitrogens with zero attached hydrogens (tertiary/aromatic N) is 3. The smallest absolute Gasteiger partial charge is 0.331 e. The number of aryl methyl sites for hydroxylation is 2. The first-order valence-electron chi connectivity index (χ1n) is 11.5. The summed E-state index contributed by atoms with van der Waals surface area (Å²) in [5.74, 6) is -0.0809. The summed E-state index contributed by atoms with van der Waals surface area (Å²) in [7, 11) is 3.08. The molecule has 5 aromatic rings. The van der Waals surface area contributed by atoms with Gasteiger partial charge in [0, 0.05) is 19.7 Å². The minimum Gasteiger partial charge on any atom is -0.504 e. The topological polar surface area (TPSA) is 98.6 Å².